The highest BCUT2D eigenvalue weighted by atomic mass is 35.5. The molecule has 1 aromatic carbocycles. The predicted octanol–water partition coefficient (Wildman–Crippen LogP) is 4.64. The van der Waals surface area contributed by atoms with Crippen LogP contribution in [0.1, 0.15) is 28.7 Å². The zero-order chi connectivity index (χ0) is 21.9. The van der Waals surface area contributed by atoms with Crippen LogP contribution in [0.25, 0.3) is 0 Å². The van der Waals surface area contributed by atoms with Crippen molar-refractivity contribution in [3.05, 3.63) is 57.8 Å². The maximum atomic E-state index is 13.2. The molecule has 0 spiro atoms. The molecule has 1 aromatic heterocycles. The topological polar surface area (TPSA) is 49.9 Å². The normalized spacial score (nSPS) is 11.0. The van der Waals surface area contributed by atoms with Gasteiger partial charge in [-0.25, -0.2) is 0 Å². The van der Waals surface area contributed by atoms with Crippen molar-refractivity contribution in [3.63, 3.8) is 0 Å². The maximum Gasteiger partial charge on any atom is 0.256 e. The first-order chi connectivity index (χ1) is 14.4. The van der Waals surface area contributed by atoms with Crippen molar-refractivity contribution in [2.24, 2.45) is 0 Å². The van der Waals surface area contributed by atoms with Crippen molar-refractivity contribution in [2.45, 2.75) is 38.2 Å². The van der Waals surface area contributed by atoms with Crippen LogP contribution in [0.3, 0.4) is 0 Å². The lowest BCUT2D eigenvalue weighted by Crippen LogP contribution is -2.44. The van der Waals surface area contributed by atoms with E-state index in [0.29, 0.717) is 39.3 Å². The van der Waals surface area contributed by atoms with Crippen molar-refractivity contribution in [3.8, 4) is 0 Å². The molecule has 0 aliphatic rings. The number of benzene rings is 1. The maximum absolute atomic E-state index is 13.2. The molecule has 2 amide bonds. The van der Waals surface area contributed by atoms with Gasteiger partial charge >= 0.3 is 0 Å². The van der Waals surface area contributed by atoms with Crippen LogP contribution in [0.15, 0.2) is 42.5 Å². The Kier molecular flexibility index (Phi) is 10.6. The van der Waals surface area contributed by atoms with E-state index in [1.54, 1.807) is 16.2 Å². The van der Waals surface area contributed by atoms with Gasteiger partial charge in [-0.3, -0.25) is 9.59 Å². The van der Waals surface area contributed by atoms with E-state index in [4.69, 9.17) is 27.9 Å². The third-order valence-electron chi connectivity index (χ3n) is 4.46. The van der Waals surface area contributed by atoms with E-state index in [0.717, 1.165) is 10.4 Å². The molecule has 2 rings (SSSR count). The van der Waals surface area contributed by atoms with E-state index < -0.39 is 10.7 Å². The molecular formula is C22H28Cl2N2O3S. The van der Waals surface area contributed by atoms with Gasteiger partial charge in [0.1, 0.15) is 0 Å². The first-order valence-electron chi connectivity index (χ1n) is 9.92. The summed E-state index contributed by atoms with van der Waals surface area (Å²) in [7, 11) is 0. The molecule has 30 heavy (non-hydrogen) atoms. The fraction of sp³-hybridized carbons (Fsp3) is 0.455. The van der Waals surface area contributed by atoms with Gasteiger partial charge in [-0.1, -0.05) is 53.5 Å². The summed E-state index contributed by atoms with van der Waals surface area (Å²) in [5.41, 5.74) is 1.03. The van der Waals surface area contributed by atoms with Crippen LogP contribution in [0.4, 0.5) is 0 Å². The fourth-order valence-corrected chi connectivity index (χ4v) is 4.15. The minimum Gasteiger partial charge on any atom is -0.382 e. The second kappa shape index (κ2) is 13.0. The van der Waals surface area contributed by atoms with E-state index in [9.17, 15) is 9.59 Å². The van der Waals surface area contributed by atoms with Crippen LogP contribution in [0.5, 0.6) is 0 Å². The molecule has 0 saturated heterocycles. The number of carbonyl (C=O) groups excluding carboxylic acids is 2. The molecule has 164 valence electrons. The summed E-state index contributed by atoms with van der Waals surface area (Å²) in [5, 5.41) is 0. The number of halogens is 2. The molecule has 8 heteroatoms. The van der Waals surface area contributed by atoms with E-state index in [1.165, 1.54) is 9.78 Å². The Morgan fingerprint density at radius 1 is 1.07 bits per heavy atom. The molecule has 2 aromatic rings. The lowest BCUT2D eigenvalue weighted by molar-refractivity contribution is -0.140. The van der Waals surface area contributed by atoms with Crippen molar-refractivity contribution in [2.75, 3.05) is 26.3 Å². The van der Waals surface area contributed by atoms with Crippen molar-refractivity contribution < 1.29 is 14.3 Å². The number of alkyl halides is 2. The molecule has 0 aliphatic carbocycles. The van der Waals surface area contributed by atoms with Crippen LogP contribution >= 0.6 is 34.5 Å². The van der Waals surface area contributed by atoms with Gasteiger partial charge in [0.05, 0.1) is 13.1 Å². The lowest BCUT2D eigenvalue weighted by Gasteiger charge is -2.28. The van der Waals surface area contributed by atoms with E-state index in [-0.39, 0.29) is 12.5 Å². The zero-order valence-electron chi connectivity index (χ0n) is 17.4. The number of nitrogens with zero attached hydrogens (tertiary/aromatic N) is 2. The number of hydrogen-bond donors (Lipinski definition) is 0. The van der Waals surface area contributed by atoms with Crippen LogP contribution < -0.4 is 0 Å². The van der Waals surface area contributed by atoms with Crippen LogP contribution in [-0.4, -0.2) is 52.8 Å². The van der Waals surface area contributed by atoms with Crippen LogP contribution in [-0.2, 0) is 27.4 Å². The van der Waals surface area contributed by atoms with Crippen molar-refractivity contribution >= 4 is 46.4 Å². The summed E-state index contributed by atoms with van der Waals surface area (Å²) in [4.78, 5) is 29.9. The van der Waals surface area contributed by atoms with Gasteiger partial charge in [-0.15, -0.1) is 11.3 Å². The smallest absolute Gasteiger partial charge is 0.256 e. The van der Waals surface area contributed by atoms with E-state index in [1.807, 2.05) is 56.3 Å². The van der Waals surface area contributed by atoms with Crippen LogP contribution in [0.2, 0.25) is 0 Å². The average molecular weight is 471 g/mol. The Morgan fingerprint density at radius 3 is 2.40 bits per heavy atom. The largest absolute Gasteiger partial charge is 0.382 e. The molecule has 0 aliphatic heterocycles. The summed E-state index contributed by atoms with van der Waals surface area (Å²) in [6.45, 7) is 6.29. The first-order valence-corrected chi connectivity index (χ1v) is 11.6. The fourth-order valence-electron chi connectivity index (χ4n) is 2.96. The number of aryl methyl sites for hydroxylation is 1. The monoisotopic (exact) mass is 470 g/mol. The average Bonchev–Trinajstić information content (AvgIpc) is 3.14. The highest BCUT2D eigenvalue weighted by Gasteiger charge is 2.25. The molecular weight excluding hydrogens is 443 g/mol. The quantitative estimate of drug-likeness (QED) is 0.335. The number of carbonyl (C=O) groups is 2. The third kappa shape index (κ3) is 8.26. The Balaban J connectivity index is 2.12. The van der Waals surface area contributed by atoms with Crippen molar-refractivity contribution in [1.29, 1.82) is 0 Å². The molecule has 0 saturated carbocycles. The lowest BCUT2D eigenvalue weighted by atomic mass is 10.2. The van der Waals surface area contributed by atoms with E-state index in [2.05, 4.69) is 0 Å². The Labute approximate surface area is 192 Å². The molecule has 0 N–H and O–H groups in total. The standard InChI is InChI=1S/C22H28Cl2N2O3S/c1-3-29-13-7-12-25(22(28)21(23)24)16-20(27)26(14-18-8-5-4-6-9-18)15-19-11-10-17(2)30-19/h4-6,8-11,21H,3,7,12-16H2,1-2H3. The Hall–Kier alpha value is -1.60. The zero-order valence-corrected chi connectivity index (χ0v) is 19.7. The Bertz CT molecular complexity index is 799. The highest BCUT2D eigenvalue weighted by Crippen LogP contribution is 2.19. The highest BCUT2D eigenvalue weighted by molar-refractivity contribution is 7.11. The minimum atomic E-state index is -1.20. The predicted molar refractivity (Wildman–Crippen MR) is 123 cm³/mol. The molecule has 5 nitrogen and oxygen atoms in total. The minimum absolute atomic E-state index is 0.0713. The first kappa shape index (κ1) is 24.7. The second-order valence-corrected chi connectivity index (χ2v) is 9.33. The molecule has 0 unspecified atom stereocenters. The molecule has 0 atom stereocenters. The second-order valence-electron chi connectivity index (χ2n) is 6.86. The molecule has 0 bridgehead atoms. The van der Waals surface area contributed by atoms with Gasteiger partial charge in [-0.2, -0.15) is 0 Å². The Morgan fingerprint density at radius 2 is 1.80 bits per heavy atom. The van der Waals surface area contributed by atoms with Crippen LogP contribution in [0, 0.1) is 6.92 Å². The number of ether oxygens (including phenoxy) is 1. The number of hydrogen-bond acceptors (Lipinski definition) is 4. The van der Waals surface area contributed by atoms with Gasteiger partial charge < -0.3 is 14.5 Å². The van der Waals surface area contributed by atoms with Crippen molar-refractivity contribution in [1.82, 2.24) is 9.80 Å². The summed E-state index contributed by atoms with van der Waals surface area (Å²) < 4.78 is 5.34. The third-order valence-corrected chi connectivity index (χ3v) is 5.82. The van der Waals surface area contributed by atoms with Gasteiger partial charge in [0, 0.05) is 36.1 Å². The molecule has 0 radical (unpaired) electrons. The van der Waals surface area contributed by atoms with Gasteiger partial charge in [-0.05, 0) is 38.0 Å². The molecule has 1 heterocycles. The van der Waals surface area contributed by atoms with Gasteiger partial charge in [0.15, 0.2) is 4.84 Å². The number of amides is 2. The van der Waals surface area contributed by atoms with E-state index >= 15 is 0 Å². The summed E-state index contributed by atoms with van der Waals surface area (Å²) in [6.07, 6.45) is 0.607. The van der Waals surface area contributed by atoms with Gasteiger partial charge in [0.2, 0.25) is 5.91 Å². The summed E-state index contributed by atoms with van der Waals surface area (Å²) >= 11 is 13.3. The summed E-state index contributed by atoms with van der Waals surface area (Å²) in [6, 6.07) is 13.9. The summed E-state index contributed by atoms with van der Waals surface area (Å²) in [5.74, 6) is -0.613. The van der Waals surface area contributed by atoms with Gasteiger partial charge in [0.25, 0.3) is 5.91 Å². The number of rotatable bonds is 12. The SMILES string of the molecule is CCOCCCN(CC(=O)N(Cc1ccccc1)Cc1ccc(C)s1)C(=O)C(Cl)Cl. The number of thiophene rings is 1. The molecule has 0 fully saturated rings.